The predicted octanol–water partition coefficient (Wildman–Crippen LogP) is 4.39. The topological polar surface area (TPSA) is 62.2 Å². The molecule has 0 unspecified atom stereocenters. The van der Waals surface area contributed by atoms with Crippen LogP contribution in [0.2, 0.25) is 0 Å². The van der Waals surface area contributed by atoms with Crippen LogP contribution in [0, 0.1) is 0 Å². The van der Waals surface area contributed by atoms with E-state index in [0.717, 1.165) is 42.8 Å². The summed E-state index contributed by atoms with van der Waals surface area (Å²) in [6, 6.07) is 13.9. The Hall–Kier alpha value is -2.62. The number of carbonyl (C=O) groups is 1. The number of pyridine rings is 1. The third kappa shape index (κ3) is 7.09. The molecule has 2 rings (SSSR count). The quantitative estimate of drug-likeness (QED) is 0.636. The molecular weight excluding hydrogens is 300 g/mol. The van der Waals surface area contributed by atoms with Crippen LogP contribution in [-0.4, -0.2) is 22.6 Å². The second kappa shape index (κ2) is 10.2. The number of benzene rings is 1. The lowest BCUT2D eigenvalue weighted by atomic mass is 10.1. The minimum atomic E-state index is -0.755. The number of aryl methyl sites for hydroxylation is 1. The smallest absolute Gasteiger partial charge is 0.303 e. The minimum Gasteiger partial charge on any atom is -0.481 e. The number of hydrogen-bond acceptors (Lipinski definition) is 3. The van der Waals surface area contributed by atoms with E-state index in [1.54, 1.807) is 6.20 Å². The van der Waals surface area contributed by atoms with Gasteiger partial charge in [-0.15, -0.1) is 0 Å². The lowest BCUT2D eigenvalue weighted by Gasteiger charge is -2.07. The summed E-state index contributed by atoms with van der Waals surface area (Å²) in [5.74, 6) is -0.755. The van der Waals surface area contributed by atoms with E-state index in [9.17, 15) is 4.79 Å². The Balaban J connectivity index is 1.59. The largest absolute Gasteiger partial charge is 0.481 e. The Kier molecular flexibility index (Phi) is 7.54. The van der Waals surface area contributed by atoms with Crippen LogP contribution in [0.25, 0.3) is 6.08 Å². The van der Waals surface area contributed by atoms with E-state index in [0.29, 0.717) is 6.42 Å². The number of hydrogen-bond donors (Lipinski definition) is 2. The van der Waals surface area contributed by atoms with Gasteiger partial charge in [0, 0.05) is 24.8 Å². The molecule has 2 N–H and O–H groups in total. The molecule has 1 heterocycles. The van der Waals surface area contributed by atoms with Gasteiger partial charge in [0.2, 0.25) is 0 Å². The molecule has 0 aliphatic heterocycles. The van der Waals surface area contributed by atoms with Gasteiger partial charge < -0.3 is 10.4 Å². The molecular formula is C20H24N2O2. The van der Waals surface area contributed by atoms with Gasteiger partial charge in [0.1, 0.15) is 0 Å². The lowest BCUT2D eigenvalue weighted by Crippen LogP contribution is -2.01. The lowest BCUT2D eigenvalue weighted by molar-refractivity contribution is -0.136. The zero-order chi connectivity index (χ0) is 17.0. The Morgan fingerprint density at radius 3 is 2.67 bits per heavy atom. The summed E-state index contributed by atoms with van der Waals surface area (Å²) in [4.78, 5) is 14.8. The molecule has 0 atom stereocenters. The molecule has 0 amide bonds. The van der Waals surface area contributed by atoms with E-state index in [1.165, 1.54) is 0 Å². The Bertz CT molecular complexity index is 636. The first-order chi connectivity index (χ1) is 11.7. The first-order valence-electron chi connectivity index (χ1n) is 8.36. The highest BCUT2D eigenvalue weighted by atomic mass is 16.4. The van der Waals surface area contributed by atoms with Crippen molar-refractivity contribution in [3.05, 3.63) is 66.0 Å². The normalized spacial score (nSPS) is 10.8. The molecule has 4 heteroatoms. The molecule has 2 aromatic rings. The fraction of sp³-hybridized carbons (Fsp3) is 0.300. The van der Waals surface area contributed by atoms with Crippen molar-refractivity contribution in [3.8, 4) is 0 Å². The van der Waals surface area contributed by atoms with E-state index in [2.05, 4.69) is 22.5 Å². The van der Waals surface area contributed by atoms with Crippen LogP contribution in [0.1, 0.15) is 36.9 Å². The van der Waals surface area contributed by atoms with Crippen molar-refractivity contribution in [2.45, 2.75) is 32.1 Å². The summed E-state index contributed by atoms with van der Waals surface area (Å²) in [5.41, 5.74) is 3.14. The SMILES string of the molecule is O=C(O)CCc1ccc(NCCCCC=Cc2ccccn2)cc1. The van der Waals surface area contributed by atoms with Crippen molar-refractivity contribution in [3.63, 3.8) is 0 Å². The van der Waals surface area contributed by atoms with E-state index in [4.69, 9.17) is 5.11 Å². The van der Waals surface area contributed by atoms with Gasteiger partial charge >= 0.3 is 5.97 Å². The number of aliphatic carboxylic acids is 1. The number of aromatic nitrogens is 1. The highest BCUT2D eigenvalue weighted by Gasteiger charge is 1.99. The molecule has 0 radical (unpaired) electrons. The van der Waals surface area contributed by atoms with E-state index < -0.39 is 5.97 Å². The average molecular weight is 324 g/mol. The van der Waals surface area contributed by atoms with Crippen molar-refractivity contribution in [1.82, 2.24) is 4.98 Å². The molecule has 0 saturated heterocycles. The number of rotatable bonds is 10. The van der Waals surface area contributed by atoms with Gasteiger partial charge in [-0.25, -0.2) is 0 Å². The van der Waals surface area contributed by atoms with Gasteiger partial charge in [-0.05, 0) is 61.6 Å². The molecule has 0 bridgehead atoms. The first-order valence-corrected chi connectivity index (χ1v) is 8.36. The van der Waals surface area contributed by atoms with Crippen molar-refractivity contribution >= 4 is 17.7 Å². The highest BCUT2D eigenvalue weighted by Crippen LogP contribution is 2.11. The molecule has 4 nitrogen and oxygen atoms in total. The number of carboxylic acid groups (broad SMARTS) is 1. The highest BCUT2D eigenvalue weighted by molar-refractivity contribution is 5.67. The van der Waals surface area contributed by atoms with Crippen LogP contribution in [0.3, 0.4) is 0 Å². The maximum absolute atomic E-state index is 10.5. The van der Waals surface area contributed by atoms with Gasteiger partial charge in [0.05, 0.1) is 5.69 Å². The molecule has 1 aromatic heterocycles. The standard InChI is InChI=1S/C20H24N2O2/c23-20(24)14-11-17-9-12-19(13-10-17)22-15-5-2-1-3-7-18-8-4-6-16-21-18/h3-4,6-10,12-13,16,22H,1-2,5,11,14-15H2,(H,23,24). The second-order valence-corrected chi connectivity index (χ2v) is 5.67. The van der Waals surface area contributed by atoms with Crippen molar-refractivity contribution < 1.29 is 9.90 Å². The summed E-state index contributed by atoms with van der Waals surface area (Å²) < 4.78 is 0. The number of carboxylic acids is 1. The van der Waals surface area contributed by atoms with Gasteiger partial charge in [0.15, 0.2) is 0 Å². The molecule has 1 aromatic carbocycles. The summed E-state index contributed by atoms with van der Waals surface area (Å²) in [7, 11) is 0. The number of allylic oxidation sites excluding steroid dienone is 1. The monoisotopic (exact) mass is 324 g/mol. The fourth-order valence-corrected chi connectivity index (χ4v) is 2.34. The molecule has 24 heavy (non-hydrogen) atoms. The third-order valence-corrected chi connectivity index (χ3v) is 3.68. The Morgan fingerprint density at radius 1 is 1.12 bits per heavy atom. The number of anilines is 1. The maximum atomic E-state index is 10.5. The number of nitrogens with zero attached hydrogens (tertiary/aromatic N) is 1. The molecule has 0 spiro atoms. The predicted molar refractivity (Wildman–Crippen MR) is 98.0 cm³/mol. The summed E-state index contributed by atoms with van der Waals surface area (Å²) in [6.07, 6.45) is 10.1. The van der Waals surface area contributed by atoms with Gasteiger partial charge in [-0.3, -0.25) is 9.78 Å². The van der Waals surface area contributed by atoms with Crippen LogP contribution in [0.4, 0.5) is 5.69 Å². The minimum absolute atomic E-state index is 0.179. The molecule has 0 aliphatic rings. The van der Waals surface area contributed by atoms with Crippen LogP contribution in [0.5, 0.6) is 0 Å². The summed E-state index contributed by atoms with van der Waals surface area (Å²) in [6.45, 7) is 0.936. The van der Waals surface area contributed by atoms with Gasteiger partial charge in [-0.2, -0.15) is 0 Å². The molecule has 0 aliphatic carbocycles. The Morgan fingerprint density at radius 2 is 1.96 bits per heavy atom. The van der Waals surface area contributed by atoms with Crippen molar-refractivity contribution in [2.75, 3.05) is 11.9 Å². The van der Waals surface area contributed by atoms with Crippen LogP contribution in [-0.2, 0) is 11.2 Å². The average Bonchev–Trinajstić information content (AvgIpc) is 2.61. The fourth-order valence-electron chi connectivity index (χ4n) is 2.34. The zero-order valence-corrected chi connectivity index (χ0v) is 13.8. The van der Waals surface area contributed by atoms with Crippen LogP contribution >= 0.6 is 0 Å². The maximum Gasteiger partial charge on any atom is 0.303 e. The van der Waals surface area contributed by atoms with E-state index in [-0.39, 0.29) is 6.42 Å². The molecule has 0 saturated carbocycles. The second-order valence-electron chi connectivity index (χ2n) is 5.67. The zero-order valence-electron chi connectivity index (χ0n) is 13.8. The number of nitrogens with one attached hydrogen (secondary N) is 1. The van der Waals surface area contributed by atoms with Gasteiger partial charge in [-0.1, -0.05) is 24.3 Å². The third-order valence-electron chi connectivity index (χ3n) is 3.68. The van der Waals surface area contributed by atoms with Crippen molar-refractivity contribution in [1.29, 1.82) is 0 Å². The molecule has 0 fully saturated rings. The van der Waals surface area contributed by atoms with Crippen LogP contribution in [0.15, 0.2) is 54.7 Å². The van der Waals surface area contributed by atoms with Crippen molar-refractivity contribution in [2.24, 2.45) is 0 Å². The summed E-state index contributed by atoms with van der Waals surface area (Å²) in [5, 5.41) is 12.1. The van der Waals surface area contributed by atoms with Gasteiger partial charge in [0.25, 0.3) is 0 Å². The van der Waals surface area contributed by atoms with Crippen LogP contribution < -0.4 is 5.32 Å². The van der Waals surface area contributed by atoms with E-state index in [1.807, 2.05) is 42.5 Å². The number of unbranched alkanes of at least 4 members (excludes halogenated alkanes) is 2. The van der Waals surface area contributed by atoms with E-state index >= 15 is 0 Å². The summed E-state index contributed by atoms with van der Waals surface area (Å²) >= 11 is 0. The molecule has 126 valence electrons. The Labute approximate surface area is 143 Å². The first kappa shape index (κ1) is 17.7.